The van der Waals surface area contributed by atoms with Crippen molar-refractivity contribution in [3.63, 3.8) is 0 Å². The number of carbonyl (C=O) groups excluding carboxylic acids is 1. The van der Waals surface area contributed by atoms with Gasteiger partial charge in [0.25, 0.3) is 5.91 Å². The summed E-state index contributed by atoms with van der Waals surface area (Å²) in [7, 11) is 1.86. The lowest BCUT2D eigenvalue weighted by Gasteiger charge is -2.04. The monoisotopic (exact) mass is 284 g/mol. The molecule has 6 nitrogen and oxygen atoms in total. The van der Waals surface area contributed by atoms with Crippen molar-refractivity contribution in [1.29, 1.82) is 0 Å². The lowest BCUT2D eigenvalue weighted by atomic mass is 10.2. The predicted octanol–water partition coefficient (Wildman–Crippen LogP) is 0.397. The molecule has 2 heterocycles. The van der Waals surface area contributed by atoms with E-state index in [1.165, 1.54) is 6.20 Å². The molecule has 0 aromatic carbocycles. The van der Waals surface area contributed by atoms with Crippen LogP contribution in [0.4, 0.5) is 0 Å². The van der Waals surface area contributed by atoms with Crippen LogP contribution in [0.5, 0.6) is 0 Å². The molecule has 2 N–H and O–H groups in total. The number of amides is 1. The van der Waals surface area contributed by atoms with Gasteiger partial charge in [-0.05, 0) is 19.1 Å². The highest BCUT2D eigenvalue weighted by atomic mass is 16.2. The van der Waals surface area contributed by atoms with E-state index < -0.39 is 0 Å². The second kappa shape index (κ2) is 6.68. The molecule has 2 rings (SSSR count). The van der Waals surface area contributed by atoms with E-state index in [0.717, 1.165) is 11.3 Å². The first-order valence-corrected chi connectivity index (χ1v) is 6.43. The van der Waals surface area contributed by atoms with Crippen LogP contribution in [0.2, 0.25) is 0 Å². The zero-order valence-corrected chi connectivity index (χ0v) is 11.9. The smallest absolute Gasteiger partial charge is 0.270 e. The predicted molar refractivity (Wildman–Crippen MR) is 77.3 cm³/mol. The summed E-state index contributed by atoms with van der Waals surface area (Å²) in [6.07, 6.45) is 3.24. The van der Waals surface area contributed by atoms with Crippen LogP contribution in [0.15, 0.2) is 24.5 Å². The molecule has 0 aliphatic carbocycles. The van der Waals surface area contributed by atoms with Crippen molar-refractivity contribution in [3.8, 4) is 11.8 Å². The Kier molecular flexibility index (Phi) is 4.69. The van der Waals surface area contributed by atoms with Crippen LogP contribution in [-0.2, 0) is 13.6 Å². The maximum atomic E-state index is 12.0. The molecule has 0 atom stereocenters. The van der Waals surface area contributed by atoms with Crippen molar-refractivity contribution in [2.45, 2.75) is 13.5 Å². The number of nitrogens with one attached hydrogen (secondary N) is 1. The Labute approximate surface area is 122 Å². The molecule has 0 bridgehead atoms. The van der Waals surface area contributed by atoms with Gasteiger partial charge in [-0.25, -0.2) is 4.98 Å². The molecular weight excluding hydrogens is 268 g/mol. The summed E-state index contributed by atoms with van der Waals surface area (Å²) in [5.41, 5.74) is 2.96. The number of carbonyl (C=O) groups is 1. The van der Waals surface area contributed by atoms with Gasteiger partial charge in [0.1, 0.15) is 12.3 Å². The minimum atomic E-state index is -0.250. The van der Waals surface area contributed by atoms with Crippen LogP contribution in [-0.4, -0.2) is 32.4 Å². The molecular formula is C15H16N4O2. The molecule has 0 saturated heterocycles. The van der Waals surface area contributed by atoms with Gasteiger partial charge >= 0.3 is 0 Å². The first kappa shape index (κ1) is 14.8. The number of hydrogen-bond donors (Lipinski definition) is 2. The third kappa shape index (κ3) is 3.68. The minimum Gasteiger partial charge on any atom is -0.384 e. The fraction of sp³-hybridized carbons (Fsp3) is 0.267. The summed E-state index contributed by atoms with van der Waals surface area (Å²) in [6.45, 7) is 2.15. The molecule has 0 aliphatic heterocycles. The highest BCUT2D eigenvalue weighted by Crippen LogP contribution is 2.05. The number of hydrogen-bond acceptors (Lipinski definition) is 4. The summed E-state index contributed by atoms with van der Waals surface area (Å²) < 4.78 is 1.76. The Hall–Kier alpha value is -2.65. The van der Waals surface area contributed by atoms with E-state index in [9.17, 15) is 4.79 Å². The third-order valence-electron chi connectivity index (χ3n) is 3.08. The number of aromatic nitrogens is 3. The van der Waals surface area contributed by atoms with Gasteiger partial charge in [0.05, 0.1) is 6.20 Å². The molecule has 0 fully saturated rings. The van der Waals surface area contributed by atoms with Gasteiger partial charge in [-0.15, -0.1) is 0 Å². The van der Waals surface area contributed by atoms with E-state index in [1.807, 2.05) is 14.0 Å². The average molecular weight is 284 g/mol. The van der Waals surface area contributed by atoms with Gasteiger partial charge < -0.3 is 10.4 Å². The largest absolute Gasteiger partial charge is 0.384 e. The average Bonchev–Trinajstić information content (AvgIpc) is 2.83. The van der Waals surface area contributed by atoms with Gasteiger partial charge in [-0.1, -0.05) is 11.8 Å². The standard InChI is InChI=1S/C15H16N4O2/c1-11-13(10-18-19(11)2)9-17-15(21)14-6-5-12(8-16-14)4-3-7-20/h5-6,8,10,20H,7,9H2,1-2H3,(H,17,21). The van der Waals surface area contributed by atoms with Crippen molar-refractivity contribution in [2.24, 2.45) is 7.05 Å². The molecule has 108 valence electrons. The molecule has 0 spiro atoms. The van der Waals surface area contributed by atoms with Crippen LogP contribution >= 0.6 is 0 Å². The van der Waals surface area contributed by atoms with Gasteiger partial charge in [-0.2, -0.15) is 5.10 Å². The van der Waals surface area contributed by atoms with Gasteiger partial charge in [0.15, 0.2) is 0 Å². The first-order valence-electron chi connectivity index (χ1n) is 6.43. The van der Waals surface area contributed by atoms with E-state index in [1.54, 1.807) is 23.0 Å². The number of pyridine rings is 1. The number of nitrogens with zero attached hydrogens (tertiary/aromatic N) is 3. The topological polar surface area (TPSA) is 80.0 Å². The second-order valence-electron chi connectivity index (χ2n) is 4.45. The Bertz CT molecular complexity index is 693. The summed E-state index contributed by atoms with van der Waals surface area (Å²) in [5.74, 6) is 5.00. The zero-order chi connectivity index (χ0) is 15.2. The van der Waals surface area contributed by atoms with Crippen molar-refractivity contribution < 1.29 is 9.90 Å². The Morgan fingerprint density at radius 3 is 2.81 bits per heavy atom. The lowest BCUT2D eigenvalue weighted by molar-refractivity contribution is 0.0946. The summed E-state index contributed by atoms with van der Waals surface area (Å²) in [5, 5.41) is 15.5. The SMILES string of the molecule is Cc1c(CNC(=O)c2ccc(C#CCO)cn2)cnn1C. The maximum absolute atomic E-state index is 12.0. The molecule has 0 aliphatic rings. The molecule has 6 heteroatoms. The Morgan fingerprint density at radius 1 is 1.43 bits per heavy atom. The Morgan fingerprint density at radius 2 is 2.24 bits per heavy atom. The number of aryl methyl sites for hydroxylation is 1. The van der Waals surface area contributed by atoms with Crippen molar-refractivity contribution in [2.75, 3.05) is 6.61 Å². The lowest BCUT2D eigenvalue weighted by Crippen LogP contribution is -2.24. The highest BCUT2D eigenvalue weighted by molar-refractivity contribution is 5.92. The highest BCUT2D eigenvalue weighted by Gasteiger charge is 2.09. The van der Waals surface area contributed by atoms with Crippen LogP contribution in [0.1, 0.15) is 27.3 Å². The first-order chi connectivity index (χ1) is 10.1. The normalized spacial score (nSPS) is 9.86. The molecule has 1 amide bonds. The summed E-state index contributed by atoms with van der Waals surface area (Å²) in [6, 6.07) is 3.30. The van der Waals surface area contributed by atoms with E-state index in [4.69, 9.17) is 5.11 Å². The van der Waals surface area contributed by atoms with Gasteiger partial charge in [-0.3, -0.25) is 9.48 Å². The van der Waals surface area contributed by atoms with Crippen LogP contribution in [0.25, 0.3) is 0 Å². The molecule has 0 unspecified atom stereocenters. The molecule has 2 aromatic heterocycles. The van der Waals surface area contributed by atoms with E-state index in [2.05, 4.69) is 27.2 Å². The third-order valence-corrected chi connectivity index (χ3v) is 3.08. The van der Waals surface area contributed by atoms with Crippen LogP contribution < -0.4 is 5.32 Å². The maximum Gasteiger partial charge on any atom is 0.270 e. The fourth-order valence-corrected chi connectivity index (χ4v) is 1.73. The van der Waals surface area contributed by atoms with Gasteiger partial charge in [0, 0.05) is 36.6 Å². The minimum absolute atomic E-state index is 0.202. The molecule has 0 saturated carbocycles. The Balaban J connectivity index is 1.99. The van der Waals surface area contributed by atoms with E-state index in [0.29, 0.717) is 17.8 Å². The van der Waals surface area contributed by atoms with E-state index in [-0.39, 0.29) is 12.5 Å². The quantitative estimate of drug-likeness (QED) is 0.799. The number of rotatable bonds is 3. The van der Waals surface area contributed by atoms with Crippen LogP contribution in [0, 0.1) is 18.8 Å². The van der Waals surface area contributed by atoms with Gasteiger partial charge in [0.2, 0.25) is 0 Å². The summed E-state index contributed by atoms with van der Waals surface area (Å²) >= 11 is 0. The zero-order valence-electron chi connectivity index (χ0n) is 11.9. The molecule has 21 heavy (non-hydrogen) atoms. The van der Waals surface area contributed by atoms with Crippen LogP contribution in [0.3, 0.4) is 0 Å². The molecule has 2 aromatic rings. The second-order valence-corrected chi connectivity index (χ2v) is 4.45. The van der Waals surface area contributed by atoms with E-state index >= 15 is 0 Å². The van der Waals surface area contributed by atoms with Crippen molar-refractivity contribution in [1.82, 2.24) is 20.1 Å². The number of aliphatic hydroxyl groups is 1. The molecule has 0 radical (unpaired) electrons. The van der Waals surface area contributed by atoms with Crippen molar-refractivity contribution in [3.05, 3.63) is 47.0 Å². The fourth-order valence-electron chi connectivity index (χ4n) is 1.73. The summed E-state index contributed by atoms with van der Waals surface area (Å²) in [4.78, 5) is 16.0. The number of aliphatic hydroxyl groups excluding tert-OH is 1. The van der Waals surface area contributed by atoms with Crippen molar-refractivity contribution >= 4 is 5.91 Å².